The lowest BCUT2D eigenvalue weighted by atomic mass is 10.4. The molecule has 0 aliphatic carbocycles. The van der Waals surface area contributed by atoms with E-state index in [1.165, 1.54) is 0 Å². The Kier molecular flexibility index (Phi) is 2.87. The Morgan fingerprint density at radius 2 is 2.36 bits per heavy atom. The maximum absolute atomic E-state index is 8.20. The molecule has 0 unspecified atom stereocenters. The van der Waals surface area contributed by atoms with Gasteiger partial charge in [0.2, 0.25) is 0 Å². The molecule has 0 aliphatic heterocycles. The highest BCUT2D eigenvalue weighted by Crippen LogP contribution is 2.28. The summed E-state index contributed by atoms with van der Waals surface area (Å²) in [6, 6.07) is 1.92. The largest absolute Gasteiger partial charge is 0.495 e. The molecular formula is C7H10O3S. The Morgan fingerprint density at radius 1 is 1.64 bits per heavy atom. The number of thiophene rings is 1. The third-order valence-electron chi connectivity index (χ3n) is 1.31. The SMILES string of the molecule is COc1cc(C)sc1COO. The van der Waals surface area contributed by atoms with Gasteiger partial charge in [0.25, 0.3) is 0 Å². The van der Waals surface area contributed by atoms with Gasteiger partial charge in [-0.25, -0.2) is 4.89 Å². The first-order valence-electron chi connectivity index (χ1n) is 3.17. The average Bonchev–Trinajstić information content (AvgIpc) is 2.32. The predicted octanol–water partition coefficient (Wildman–Crippen LogP) is 2.05. The van der Waals surface area contributed by atoms with Crippen LogP contribution in [-0.4, -0.2) is 12.4 Å². The third-order valence-corrected chi connectivity index (χ3v) is 2.31. The van der Waals surface area contributed by atoms with Gasteiger partial charge in [0, 0.05) is 4.88 Å². The molecule has 1 aromatic heterocycles. The van der Waals surface area contributed by atoms with Crippen LogP contribution in [0.2, 0.25) is 0 Å². The summed E-state index contributed by atoms with van der Waals surface area (Å²) in [5.41, 5.74) is 0. The number of ether oxygens (including phenoxy) is 1. The molecule has 0 saturated carbocycles. The first kappa shape index (κ1) is 8.52. The molecule has 0 bridgehead atoms. The molecule has 1 aromatic rings. The molecule has 1 N–H and O–H groups in total. The molecule has 0 amide bonds. The number of rotatable bonds is 3. The van der Waals surface area contributed by atoms with Crippen LogP contribution in [-0.2, 0) is 11.5 Å². The summed E-state index contributed by atoms with van der Waals surface area (Å²) in [7, 11) is 1.60. The van der Waals surface area contributed by atoms with Gasteiger partial charge >= 0.3 is 0 Å². The van der Waals surface area contributed by atoms with E-state index in [1.54, 1.807) is 18.4 Å². The van der Waals surface area contributed by atoms with Crippen LogP contribution in [0.5, 0.6) is 5.75 Å². The van der Waals surface area contributed by atoms with Gasteiger partial charge in [0.05, 0.1) is 12.0 Å². The highest BCUT2D eigenvalue weighted by atomic mass is 32.1. The summed E-state index contributed by atoms with van der Waals surface area (Å²) in [6.07, 6.45) is 0. The van der Waals surface area contributed by atoms with Crippen molar-refractivity contribution < 1.29 is 14.9 Å². The fourth-order valence-corrected chi connectivity index (χ4v) is 1.78. The summed E-state index contributed by atoms with van der Waals surface area (Å²) < 4.78 is 5.04. The van der Waals surface area contributed by atoms with Gasteiger partial charge in [-0.3, -0.25) is 5.26 Å². The monoisotopic (exact) mass is 174 g/mol. The minimum atomic E-state index is 0.196. The van der Waals surface area contributed by atoms with Crippen LogP contribution in [0.3, 0.4) is 0 Å². The Balaban J connectivity index is 2.83. The Hall–Kier alpha value is -0.580. The molecule has 1 rings (SSSR count). The maximum Gasteiger partial charge on any atom is 0.135 e. The van der Waals surface area contributed by atoms with Gasteiger partial charge in [-0.05, 0) is 13.0 Å². The quantitative estimate of drug-likeness (QED) is 0.563. The molecule has 11 heavy (non-hydrogen) atoms. The zero-order valence-electron chi connectivity index (χ0n) is 6.46. The first-order chi connectivity index (χ1) is 5.27. The first-order valence-corrected chi connectivity index (χ1v) is 3.99. The zero-order chi connectivity index (χ0) is 8.27. The minimum Gasteiger partial charge on any atom is -0.495 e. The van der Waals surface area contributed by atoms with Crippen LogP contribution in [0.15, 0.2) is 6.07 Å². The Bertz CT molecular complexity index is 232. The van der Waals surface area contributed by atoms with Crippen molar-refractivity contribution in [1.82, 2.24) is 0 Å². The lowest BCUT2D eigenvalue weighted by Crippen LogP contribution is -1.88. The summed E-state index contributed by atoms with van der Waals surface area (Å²) in [5, 5.41) is 8.20. The highest BCUT2D eigenvalue weighted by Gasteiger charge is 2.06. The second kappa shape index (κ2) is 3.71. The molecule has 0 radical (unpaired) electrons. The molecule has 3 nitrogen and oxygen atoms in total. The topological polar surface area (TPSA) is 38.7 Å². The van der Waals surface area contributed by atoms with Crippen molar-refractivity contribution in [2.75, 3.05) is 7.11 Å². The summed E-state index contributed by atoms with van der Waals surface area (Å²) in [4.78, 5) is 6.07. The molecule has 4 heteroatoms. The van der Waals surface area contributed by atoms with Gasteiger partial charge in [0.15, 0.2) is 0 Å². The van der Waals surface area contributed by atoms with E-state index >= 15 is 0 Å². The fourth-order valence-electron chi connectivity index (χ4n) is 0.871. The standard InChI is InChI=1S/C7H10O3S/c1-5-3-6(9-2)7(11-5)4-10-8/h3,8H,4H2,1-2H3. The normalized spacial score (nSPS) is 10.1. The number of methoxy groups -OCH3 is 1. The van der Waals surface area contributed by atoms with Crippen molar-refractivity contribution in [3.05, 3.63) is 15.8 Å². The van der Waals surface area contributed by atoms with E-state index < -0.39 is 0 Å². The van der Waals surface area contributed by atoms with Crippen LogP contribution in [0.1, 0.15) is 9.75 Å². The smallest absolute Gasteiger partial charge is 0.135 e. The molecule has 0 fully saturated rings. The van der Waals surface area contributed by atoms with Crippen LogP contribution >= 0.6 is 11.3 Å². The van der Waals surface area contributed by atoms with Crippen LogP contribution in [0.4, 0.5) is 0 Å². The van der Waals surface area contributed by atoms with E-state index in [2.05, 4.69) is 4.89 Å². The van der Waals surface area contributed by atoms with E-state index in [4.69, 9.17) is 9.99 Å². The minimum absolute atomic E-state index is 0.196. The third kappa shape index (κ3) is 1.92. The van der Waals surface area contributed by atoms with Gasteiger partial charge in [-0.15, -0.1) is 11.3 Å². The van der Waals surface area contributed by atoms with Gasteiger partial charge in [-0.1, -0.05) is 0 Å². The highest BCUT2D eigenvalue weighted by molar-refractivity contribution is 7.12. The molecule has 0 atom stereocenters. The summed E-state index contributed by atoms with van der Waals surface area (Å²) in [6.45, 7) is 2.18. The van der Waals surface area contributed by atoms with Crippen molar-refractivity contribution in [3.8, 4) is 5.75 Å². The molecular weight excluding hydrogens is 164 g/mol. The van der Waals surface area contributed by atoms with E-state index in [0.29, 0.717) is 0 Å². The van der Waals surface area contributed by atoms with Crippen LogP contribution < -0.4 is 4.74 Å². The number of aryl methyl sites for hydroxylation is 1. The molecule has 0 saturated heterocycles. The summed E-state index contributed by atoms with van der Waals surface area (Å²) >= 11 is 1.55. The lowest BCUT2D eigenvalue weighted by Gasteiger charge is -1.97. The van der Waals surface area contributed by atoms with Crippen molar-refractivity contribution in [2.24, 2.45) is 0 Å². The van der Waals surface area contributed by atoms with E-state index in [1.807, 2.05) is 13.0 Å². The van der Waals surface area contributed by atoms with Crippen molar-refractivity contribution in [3.63, 3.8) is 0 Å². The van der Waals surface area contributed by atoms with E-state index in [0.717, 1.165) is 15.5 Å². The van der Waals surface area contributed by atoms with Crippen molar-refractivity contribution in [1.29, 1.82) is 0 Å². The number of hydrogen-bond acceptors (Lipinski definition) is 4. The number of hydrogen-bond donors (Lipinski definition) is 1. The van der Waals surface area contributed by atoms with Crippen LogP contribution in [0, 0.1) is 6.92 Å². The molecule has 1 heterocycles. The lowest BCUT2D eigenvalue weighted by molar-refractivity contribution is -0.252. The van der Waals surface area contributed by atoms with Gasteiger partial charge in [-0.2, -0.15) is 0 Å². The van der Waals surface area contributed by atoms with E-state index in [-0.39, 0.29) is 6.61 Å². The van der Waals surface area contributed by atoms with Crippen LogP contribution in [0.25, 0.3) is 0 Å². The maximum atomic E-state index is 8.20. The molecule has 0 aliphatic rings. The summed E-state index contributed by atoms with van der Waals surface area (Å²) in [5.74, 6) is 0.779. The van der Waals surface area contributed by atoms with Crippen molar-refractivity contribution in [2.45, 2.75) is 13.5 Å². The molecule has 0 spiro atoms. The van der Waals surface area contributed by atoms with Gasteiger partial charge in [0.1, 0.15) is 12.4 Å². The second-order valence-electron chi connectivity index (χ2n) is 2.12. The average molecular weight is 174 g/mol. The Morgan fingerprint density at radius 3 is 2.91 bits per heavy atom. The molecule has 62 valence electrons. The van der Waals surface area contributed by atoms with Gasteiger partial charge < -0.3 is 4.74 Å². The van der Waals surface area contributed by atoms with E-state index in [9.17, 15) is 0 Å². The predicted molar refractivity (Wildman–Crippen MR) is 43.0 cm³/mol. The second-order valence-corrected chi connectivity index (χ2v) is 3.46. The molecule has 0 aromatic carbocycles. The fraction of sp³-hybridized carbons (Fsp3) is 0.429. The zero-order valence-corrected chi connectivity index (χ0v) is 7.27. The van der Waals surface area contributed by atoms with Crippen molar-refractivity contribution >= 4 is 11.3 Å². The Labute approximate surface area is 69.1 Å².